The maximum atomic E-state index is 8.96. The first-order valence-corrected chi connectivity index (χ1v) is 4.47. The summed E-state index contributed by atoms with van der Waals surface area (Å²) >= 11 is 0. The molecule has 0 radical (unpaired) electrons. The molecular weight excluding hydrogens is 176 g/mol. The van der Waals surface area contributed by atoms with Gasteiger partial charge >= 0.3 is 0 Å². The van der Waals surface area contributed by atoms with E-state index in [0.717, 1.165) is 17.0 Å². The van der Waals surface area contributed by atoms with Gasteiger partial charge in [-0.1, -0.05) is 30.3 Å². The Morgan fingerprint density at radius 3 is 2.43 bits per heavy atom. The number of hydrogen-bond donors (Lipinski definition) is 2. The van der Waals surface area contributed by atoms with E-state index in [1.807, 2.05) is 49.4 Å². The lowest BCUT2D eigenvalue weighted by Gasteiger charge is -2.08. The minimum atomic E-state index is 0.950. The molecule has 0 saturated heterocycles. The Kier molecular flexibility index (Phi) is 2.24. The fourth-order valence-corrected chi connectivity index (χ4v) is 1.51. The first kappa shape index (κ1) is 8.84. The Bertz CT molecular complexity index is 420. The Hall–Kier alpha value is -1.74. The second kappa shape index (κ2) is 3.55. The lowest BCUT2D eigenvalue weighted by molar-refractivity contribution is 0.317. The Balaban J connectivity index is 2.52. The van der Waals surface area contributed by atoms with Crippen LogP contribution in [0.1, 0.15) is 5.69 Å². The Labute approximate surface area is 82.5 Å². The summed E-state index contributed by atoms with van der Waals surface area (Å²) in [7, 11) is 0. The van der Waals surface area contributed by atoms with Gasteiger partial charge in [0.2, 0.25) is 0 Å². The molecule has 14 heavy (non-hydrogen) atoms. The van der Waals surface area contributed by atoms with Gasteiger partial charge in [0.15, 0.2) is 0 Å². The third-order valence-corrected chi connectivity index (χ3v) is 2.25. The van der Waals surface area contributed by atoms with Crippen molar-refractivity contribution in [3.8, 4) is 11.3 Å². The number of aryl methyl sites for hydroxylation is 1. The van der Waals surface area contributed by atoms with Gasteiger partial charge in [0.1, 0.15) is 0 Å². The summed E-state index contributed by atoms with van der Waals surface area (Å²) in [6.45, 7) is 1.93. The molecule has 3 nitrogen and oxygen atoms in total. The van der Waals surface area contributed by atoms with Crippen LogP contribution in [0.2, 0.25) is 0 Å². The second-order valence-electron chi connectivity index (χ2n) is 3.16. The van der Waals surface area contributed by atoms with Crippen LogP contribution >= 0.6 is 0 Å². The quantitative estimate of drug-likeness (QED) is 0.710. The minimum absolute atomic E-state index is 0.950. The number of nitrogens with zero attached hydrogens (tertiary/aromatic N) is 1. The van der Waals surface area contributed by atoms with Crippen molar-refractivity contribution in [3.05, 3.63) is 48.2 Å². The molecule has 72 valence electrons. The molecule has 1 aromatic carbocycles. The molecule has 0 spiro atoms. The number of rotatable bonds is 2. The molecule has 0 bridgehead atoms. The molecule has 2 rings (SSSR count). The predicted octanol–water partition coefficient (Wildman–Crippen LogP) is 2.40. The van der Waals surface area contributed by atoms with Crippen LogP contribution in [0.25, 0.3) is 11.3 Å². The van der Waals surface area contributed by atoms with Gasteiger partial charge in [-0.15, -0.1) is 0 Å². The molecule has 2 aromatic rings. The van der Waals surface area contributed by atoms with Crippen molar-refractivity contribution in [2.24, 2.45) is 0 Å². The van der Waals surface area contributed by atoms with Gasteiger partial charge in [0.05, 0.1) is 5.69 Å². The van der Waals surface area contributed by atoms with Gasteiger partial charge in [-0.25, -0.2) is 10.3 Å². The average molecular weight is 188 g/mol. The molecule has 0 saturated carbocycles. The van der Waals surface area contributed by atoms with E-state index in [1.54, 1.807) is 4.68 Å². The number of aromatic nitrogens is 1. The van der Waals surface area contributed by atoms with E-state index in [-0.39, 0.29) is 0 Å². The first-order valence-electron chi connectivity index (χ1n) is 4.47. The van der Waals surface area contributed by atoms with Crippen molar-refractivity contribution in [1.82, 2.24) is 4.68 Å². The van der Waals surface area contributed by atoms with Gasteiger partial charge in [-0.05, 0) is 19.1 Å². The standard InChI is InChI=1S/C11H12N2O/c1-9-7-8-11(13(9)12-14)10-5-3-2-4-6-10/h2-8,12,14H,1H3. The van der Waals surface area contributed by atoms with Gasteiger partial charge in [-0.2, -0.15) is 0 Å². The van der Waals surface area contributed by atoms with Crippen LogP contribution in [-0.2, 0) is 0 Å². The van der Waals surface area contributed by atoms with Crippen LogP contribution < -0.4 is 5.59 Å². The number of nitrogens with one attached hydrogen (secondary N) is 1. The van der Waals surface area contributed by atoms with Crippen molar-refractivity contribution in [3.63, 3.8) is 0 Å². The van der Waals surface area contributed by atoms with Gasteiger partial charge in [0.25, 0.3) is 0 Å². The zero-order valence-electron chi connectivity index (χ0n) is 7.94. The summed E-state index contributed by atoms with van der Waals surface area (Å²) in [4.78, 5) is 0. The first-order chi connectivity index (χ1) is 6.83. The Morgan fingerprint density at radius 1 is 1.07 bits per heavy atom. The summed E-state index contributed by atoms with van der Waals surface area (Å²) in [6, 6.07) is 13.8. The van der Waals surface area contributed by atoms with Crippen LogP contribution in [0.3, 0.4) is 0 Å². The third kappa shape index (κ3) is 1.38. The van der Waals surface area contributed by atoms with Crippen molar-refractivity contribution in [1.29, 1.82) is 0 Å². The van der Waals surface area contributed by atoms with Crippen molar-refractivity contribution < 1.29 is 5.21 Å². The summed E-state index contributed by atoms with van der Waals surface area (Å²) in [5.74, 6) is 0. The van der Waals surface area contributed by atoms with Crippen molar-refractivity contribution >= 4 is 0 Å². The zero-order chi connectivity index (χ0) is 9.97. The highest BCUT2D eigenvalue weighted by molar-refractivity contribution is 5.60. The van der Waals surface area contributed by atoms with Crippen LogP contribution in [-0.4, -0.2) is 9.88 Å². The van der Waals surface area contributed by atoms with Crippen molar-refractivity contribution in [2.45, 2.75) is 6.92 Å². The van der Waals surface area contributed by atoms with Crippen LogP contribution in [0.4, 0.5) is 0 Å². The number of hydrogen-bond acceptors (Lipinski definition) is 2. The van der Waals surface area contributed by atoms with E-state index in [4.69, 9.17) is 5.21 Å². The van der Waals surface area contributed by atoms with Gasteiger partial charge in [0, 0.05) is 11.3 Å². The topological polar surface area (TPSA) is 37.2 Å². The highest BCUT2D eigenvalue weighted by Crippen LogP contribution is 2.20. The molecule has 0 aliphatic rings. The molecular formula is C11H12N2O. The van der Waals surface area contributed by atoms with E-state index in [1.165, 1.54) is 0 Å². The van der Waals surface area contributed by atoms with Gasteiger partial charge < -0.3 is 0 Å². The molecule has 1 aromatic heterocycles. The SMILES string of the molecule is Cc1ccc(-c2ccccc2)n1NO. The maximum Gasteiger partial charge on any atom is 0.0719 e. The minimum Gasteiger partial charge on any atom is -0.275 e. The normalized spacial score (nSPS) is 10.1. The lowest BCUT2D eigenvalue weighted by Crippen LogP contribution is -2.12. The van der Waals surface area contributed by atoms with Crippen molar-refractivity contribution in [2.75, 3.05) is 5.59 Å². The molecule has 0 aliphatic heterocycles. The molecule has 0 atom stereocenters. The molecule has 0 aliphatic carbocycles. The fraction of sp³-hybridized carbons (Fsp3) is 0.0909. The van der Waals surface area contributed by atoms with Crippen LogP contribution in [0.5, 0.6) is 0 Å². The second-order valence-corrected chi connectivity index (χ2v) is 3.16. The fourth-order valence-electron chi connectivity index (χ4n) is 1.51. The van der Waals surface area contributed by atoms with Gasteiger partial charge in [-0.3, -0.25) is 5.21 Å². The summed E-state index contributed by atoms with van der Waals surface area (Å²) in [5.41, 5.74) is 5.14. The average Bonchev–Trinajstić information content (AvgIpc) is 2.61. The third-order valence-electron chi connectivity index (χ3n) is 2.25. The van der Waals surface area contributed by atoms with E-state index in [2.05, 4.69) is 5.59 Å². The molecule has 3 heteroatoms. The summed E-state index contributed by atoms with van der Waals surface area (Å²) < 4.78 is 1.63. The lowest BCUT2D eigenvalue weighted by atomic mass is 10.2. The van der Waals surface area contributed by atoms with Crippen LogP contribution in [0, 0.1) is 6.92 Å². The largest absolute Gasteiger partial charge is 0.275 e. The highest BCUT2D eigenvalue weighted by atomic mass is 16.5. The molecule has 2 N–H and O–H groups in total. The molecule has 0 unspecified atom stereocenters. The monoisotopic (exact) mass is 188 g/mol. The molecule has 1 heterocycles. The Morgan fingerprint density at radius 2 is 1.79 bits per heavy atom. The van der Waals surface area contributed by atoms with E-state index >= 15 is 0 Å². The van der Waals surface area contributed by atoms with Crippen LogP contribution in [0.15, 0.2) is 42.5 Å². The zero-order valence-corrected chi connectivity index (χ0v) is 7.94. The van der Waals surface area contributed by atoms with E-state index < -0.39 is 0 Å². The van der Waals surface area contributed by atoms with E-state index in [9.17, 15) is 0 Å². The summed E-state index contributed by atoms with van der Waals surface area (Å²) in [6.07, 6.45) is 0. The predicted molar refractivity (Wildman–Crippen MR) is 55.8 cm³/mol. The smallest absolute Gasteiger partial charge is 0.0719 e. The maximum absolute atomic E-state index is 8.96. The number of benzene rings is 1. The molecule has 0 fully saturated rings. The van der Waals surface area contributed by atoms with E-state index in [0.29, 0.717) is 0 Å². The summed E-state index contributed by atoms with van der Waals surface area (Å²) in [5, 5.41) is 8.96. The highest BCUT2D eigenvalue weighted by Gasteiger charge is 2.05. The molecule has 0 amide bonds.